The van der Waals surface area contributed by atoms with Gasteiger partial charge in [-0.25, -0.2) is 4.57 Å². The first-order valence-electron chi connectivity index (χ1n) is 8.88. The lowest BCUT2D eigenvalue weighted by Crippen LogP contribution is -2.60. The molecule has 3 heterocycles. The summed E-state index contributed by atoms with van der Waals surface area (Å²) in [5, 5.41) is 0. The highest BCUT2D eigenvalue weighted by Crippen LogP contribution is 2.72. The third kappa shape index (κ3) is 1.79. The van der Waals surface area contributed by atoms with Crippen LogP contribution in [0, 0.1) is 34.0 Å². The zero-order chi connectivity index (χ0) is 15.2. The zero-order valence-corrected chi connectivity index (χ0v) is 14.6. The Kier molecular flexibility index (Phi) is 2.76. The van der Waals surface area contributed by atoms with E-state index in [0.29, 0.717) is 30.7 Å². The van der Waals surface area contributed by atoms with Crippen molar-refractivity contribution in [1.29, 1.82) is 0 Å². The molecule has 4 aliphatic carbocycles. The molecule has 4 saturated carbocycles. The minimum Gasteiger partial charge on any atom is -0.286 e. The highest BCUT2D eigenvalue weighted by Gasteiger charge is 2.64. The normalized spacial score (nSPS) is 62.5. The van der Waals surface area contributed by atoms with Gasteiger partial charge >= 0.3 is 7.82 Å². The second-order valence-electron chi connectivity index (χ2n) is 9.47. The summed E-state index contributed by atoms with van der Waals surface area (Å²) in [7, 11) is -3.19. The van der Waals surface area contributed by atoms with Crippen LogP contribution in [0.2, 0.25) is 0 Å². The van der Waals surface area contributed by atoms with Crippen molar-refractivity contribution in [3.8, 4) is 0 Å². The Morgan fingerprint density at radius 2 is 1.50 bits per heavy atom. The molecule has 0 spiro atoms. The second kappa shape index (κ2) is 4.20. The summed E-state index contributed by atoms with van der Waals surface area (Å²) in [5.41, 5.74) is 0.712. The molecule has 0 aromatic carbocycles. The van der Waals surface area contributed by atoms with Crippen LogP contribution in [0.1, 0.15) is 52.4 Å². The lowest BCUT2D eigenvalue weighted by Gasteiger charge is -2.68. The molecule has 0 N–H and O–H groups in total. The van der Waals surface area contributed by atoms with E-state index in [1.54, 1.807) is 0 Å². The molecule has 6 bridgehead atoms. The Morgan fingerprint density at radius 1 is 0.955 bits per heavy atom. The maximum absolute atomic E-state index is 12.0. The Hall–Kier alpha value is 0.110. The number of hydrogen-bond acceptors (Lipinski definition) is 4. The van der Waals surface area contributed by atoms with Crippen molar-refractivity contribution in [2.75, 3.05) is 19.8 Å². The van der Waals surface area contributed by atoms with Gasteiger partial charge in [-0.2, -0.15) is 0 Å². The van der Waals surface area contributed by atoms with Gasteiger partial charge in [-0.3, -0.25) is 13.6 Å². The Labute approximate surface area is 132 Å². The summed E-state index contributed by atoms with van der Waals surface area (Å²) in [4.78, 5) is 0. The molecule has 4 nitrogen and oxygen atoms in total. The highest BCUT2D eigenvalue weighted by molar-refractivity contribution is 7.48. The summed E-state index contributed by atoms with van der Waals surface area (Å²) in [6.45, 7) is 6.71. The van der Waals surface area contributed by atoms with E-state index in [9.17, 15) is 4.57 Å². The van der Waals surface area contributed by atoms with Gasteiger partial charge in [0.1, 0.15) is 0 Å². The predicted molar refractivity (Wildman–Crippen MR) is 82.3 cm³/mol. The van der Waals surface area contributed by atoms with Crippen LogP contribution in [0.15, 0.2) is 0 Å². The van der Waals surface area contributed by atoms with E-state index in [0.717, 1.165) is 24.2 Å². The zero-order valence-electron chi connectivity index (χ0n) is 13.7. The van der Waals surface area contributed by atoms with E-state index >= 15 is 0 Å². The summed E-state index contributed by atoms with van der Waals surface area (Å²) in [6.07, 6.45) is 8.20. The van der Waals surface area contributed by atoms with E-state index in [1.807, 2.05) is 0 Å². The SMILES string of the molecule is CC12CC3CC(CC(C3)C1(C)CC13COP(=O)(OC1)OC3)C2. The van der Waals surface area contributed by atoms with Gasteiger partial charge in [0.05, 0.1) is 19.8 Å². The standard InChI is InChI=1S/C17H27O4P/c1-15-6-12-3-13(7-15)5-14(4-12)16(15,2)8-17-9-19-22(18,20-10-17)21-11-17/h12-14H,3-11H2,1-2H3. The average molecular weight is 326 g/mol. The maximum atomic E-state index is 12.0. The lowest BCUT2D eigenvalue weighted by molar-refractivity contribution is -0.199. The van der Waals surface area contributed by atoms with Crippen LogP contribution >= 0.6 is 7.82 Å². The topological polar surface area (TPSA) is 44.8 Å². The highest BCUT2D eigenvalue weighted by atomic mass is 31.2. The predicted octanol–water partition coefficient (Wildman–Crippen LogP) is 4.40. The first-order valence-corrected chi connectivity index (χ1v) is 10.3. The number of phosphoric ester groups is 1. The first-order chi connectivity index (χ1) is 10.3. The van der Waals surface area contributed by atoms with E-state index in [1.165, 1.54) is 32.1 Å². The molecule has 7 rings (SSSR count). The molecule has 3 aliphatic heterocycles. The molecule has 0 radical (unpaired) electrons. The smallest absolute Gasteiger partial charge is 0.286 e. The van der Waals surface area contributed by atoms with Crippen molar-refractivity contribution in [2.45, 2.75) is 52.4 Å². The van der Waals surface area contributed by atoms with Gasteiger partial charge < -0.3 is 0 Å². The molecule has 3 atom stereocenters. The number of hydrogen-bond donors (Lipinski definition) is 0. The van der Waals surface area contributed by atoms with Crippen molar-refractivity contribution in [3.05, 3.63) is 0 Å². The summed E-state index contributed by atoms with van der Waals surface area (Å²) in [5.74, 6) is 2.78. The van der Waals surface area contributed by atoms with Gasteiger partial charge in [0.25, 0.3) is 0 Å². The first kappa shape index (κ1) is 14.5. The molecule has 0 aromatic heterocycles. The van der Waals surface area contributed by atoms with Crippen molar-refractivity contribution < 1.29 is 18.1 Å². The Morgan fingerprint density at radius 3 is 2.00 bits per heavy atom. The fourth-order valence-electron chi connectivity index (χ4n) is 6.91. The van der Waals surface area contributed by atoms with Crippen molar-refractivity contribution in [2.24, 2.45) is 34.0 Å². The van der Waals surface area contributed by atoms with Gasteiger partial charge in [-0.05, 0) is 67.1 Å². The van der Waals surface area contributed by atoms with Crippen molar-refractivity contribution in [3.63, 3.8) is 0 Å². The molecular formula is C17H27O4P. The summed E-state index contributed by atoms with van der Waals surface area (Å²) < 4.78 is 28.3. The van der Waals surface area contributed by atoms with Crippen LogP contribution < -0.4 is 0 Å². The number of phosphoric acid groups is 1. The second-order valence-corrected chi connectivity index (χ2v) is 11.1. The van der Waals surface area contributed by atoms with E-state index < -0.39 is 7.82 Å². The molecule has 5 heteroatoms. The molecular weight excluding hydrogens is 299 g/mol. The average Bonchev–Trinajstić information content (AvgIpc) is 2.46. The van der Waals surface area contributed by atoms with Gasteiger partial charge in [-0.1, -0.05) is 13.8 Å². The quantitative estimate of drug-likeness (QED) is 0.706. The monoisotopic (exact) mass is 326 g/mol. The van der Waals surface area contributed by atoms with Crippen LogP contribution in [0.25, 0.3) is 0 Å². The molecule has 7 fully saturated rings. The third-order valence-electron chi connectivity index (χ3n) is 7.99. The Bertz CT molecular complexity index is 516. The van der Waals surface area contributed by atoms with E-state index in [-0.39, 0.29) is 5.41 Å². The molecule has 22 heavy (non-hydrogen) atoms. The molecule has 124 valence electrons. The number of rotatable bonds is 2. The van der Waals surface area contributed by atoms with Crippen molar-refractivity contribution in [1.82, 2.24) is 0 Å². The van der Waals surface area contributed by atoms with Gasteiger partial charge in [0, 0.05) is 5.41 Å². The van der Waals surface area contributed by atoms with Crippen LogP contribution in [0.3, 0.4) is 0 Å². The fraction of sp³-hybridized carbons (Fsp3) is 1.00. The van der Waals surface area contributed by atoms with E-state index in [2.05, 4.69) is 13.8 Å². The minimum atomic E-state index is -3.19. The maximum Gasteiger partial charge on any atom is 0.474 e. The lowest BCUT2D eigenvalue weighted by atomic mass is 9.38. The van der Waals surface area contributed by atoms with Gasteiger partial charge in [0.15, 0.2) is 0 Å². The molecule has 3 saturated heterocycles. The van der Waals surface area contributed by atoms with Crippen LogP contribution in [-0.2, 0) is 18.1 Å². The molecule has 0 aromatic rings. The van der Waals surface area contributed by atoms with Crippen LogP contribution in [0.5, 0.6) is 0 Å². The van der Waals surface area contributed by atoms with E-state index in [4.69, 9.17) is 13.6 Å². The molecule has 7 aliphatic rings. The third-order valence-corrected chi connectivity index (χ3v) is 9.33. The van der Waals surface area contributed by atoms with Gasteiger partial charge in [-0.15, -0.1) is 0 Å². The fourth-order valence-corrected chi connectivity index (χ4v) is 8.43. The molecule has 0 amide bonds. The molecule has 3 unspecified atom stereocenters. The Balaban J connectivity index is 1.46. The largest absolute Gasteiger partial charge is 0.474 e. The van der Waals surface area contributed by atoms with Crippen molar-refractivity contribution >= 4 is 7.82 Å². The summed E-state index contributed by atoms with van der Waals surface area (Å²) in [6, 6.07) is 0. The van der Waals surface area contributed by atoms with Crippen LogP contribution in [-0.4, -0.2) is 19.8 Å². The summed E-state index contributed by atoms with van der Waals surface area (Å²) >= 11 is 0. The van der Waals surface area contributed by atoms with Crippen LogP contribution in [0.4, 0.5) is 0 Å². The minimum absolute atomic E-state index is 0.0840. The number of fused-ring (bicyclic) bond motifs is 3. The van der Waals surface area contributed by atoms with Gasteiger partial charge in [0.2, 0.25) is 0 Å².